The van der Waals surface area contributed by atoms with Crippen LogP contribution in [0, 0.1) is 5.92 Å². The fourth-order valence-electron chi connectivity index (χ4n) is 2.78. The summed E-state index contributed by atoms with van der Waals surface area (Å²) in [7, 11) is 0. The van der Waals surface area contributed by atoms with E-state index in [9.17, 15) is 9.59 Å². The number of ether oxygens (including phenoxy) is 2. The van der Waals surface area contributed by atoms with E-state index in [-0.39, 0.29) is 17.9 Å². The van der Waals surface area contributed by atoms with Crippen LogP contribution in [0.15, 0.2) is 24.3 Å². The van der Waals surface area contributed by atoms with E-state index in [1.165, 1.54) is 0 Å². The van der Waals surface area contributed by atoms with Gasteiger partial charge < -0.3 is 14.4 Å². The number of hydrogen-bond acceptors (Lipinski definition) is 5. The Kier molecular flexibility index (Phi) is 5.86. The highest BCUT2D eigenvalue weighted by molar-refractivity contribution is 5.90. The maximum Gasteiger partial charge on any atom is 0.338 e. The zero-order valence-corrected chi connectivity index (χ0v) is 15.0. The molecular weight excluding hydrogens is 306 g/mol. The van der Waals surface area contributed by atoms with Gasteiger partial charge >= 0.3 is 11.9 Å². The Labute approximate surface area is 143 Å². The zero-order valence-electron chi connectivity index (χ0n) is 15.0. The van der Waals surface area contributed by atoms with Crippen molar-refractivity contribution in [2.45, 2.75) is 46.1 Å². The normalized spacial score (nSPS) is 15.9. The molecule has 24 heavy (non-hydrogen) atoms. The van der Waals surface area contributed by atoms with Crippen LogP contribution in [0.1, 0.15) is 50.9 Å². The quantitative estimate of drug-likeness (QED) is 0.790. The average Bonchev–Trinajstić information content (AvgIpc) is 2.54. The highest BCUT2D eigenvalue weighted by Gasteiger charge is 2.26. The van der Waals surface area contributed by atoms with E-state index < -0.39 is 5.60 Å². The Morgan fingerprint density at radius 3 is 2.21 bits per heavy atom. The Balaban J connectivity index is 1.93. The SMILES string of the molecule is CCOC(=O)C1CCN(c2ccc(C(=O)OC(C)(C)C)cc2)CC1. The van der Waals surface area contributed by atoms with Crippen molar-refractivity contribution in [1.82, 2.24) is 0 Å². The van der Waals surface area contributed by atoms with E-state index in [0.29, 0.717) is 12.2 Å². The molecule has 1 fully saturated rings. The maximum atomic E-state index is 12.0. The van der Waals surface area contributed by atoms with Gasteiger partial charge in [0.05, 0.1) is 18.1 Å². The van der Waals surface area contributed by atoms with Gasteiger partial charge in [-0.25, -0.2) is 4.79 Å². The molecule has 1 saturated heterocycles. The van der Waals surface area contributed by atoms with Gasteiger partial charge in [0, 0.05) is 18.8 Å². The molecule has 0 amide bonds. The molecule has 1 aromatic carbocycles. The smallest absolute Gasteiger partial charge is 0.338 e. The van der Waals surface area contributed by atoms with E-state index in [1.54, 1.807) is 12.1 Å². The molecule has 0 aliphatic carbocycles. The predicted octanol–water partition coefficient (Wildman–Crippen LogP) is 3.42. The van der Waals surface area contributed by atoms with Crippen molar-refractivity contribution in [2.24, 2.45) is 5.92 Å². The molecule has 0 saturated carbocycles. The Bertz CT molecular complexity index is 566. The molecule has 1 heterocycles. The minimum atomic E-state index is -0.495. The average molecular weight is 333 g/mol. The summed E-state index contributed by atoms with van der Waals surface area (Å²) in [6.45, 7) is 9.46. The third kappa shape index (κ3) is 4.98. The van der Waals surface area contributed by atoms with E-state index in [2.05, 4.69) is 4.90 Å². The molecule has 1 aliphatic heterocycles. The van der Waals surface area contributed by atoms with Crippen LogP contribution in [-0.2, 0) is 14.3 Å². The number of carbonyl (C=O) groups excluding carboxylic acids is 2. The number of benzene rings is 1. The van der Waals surface area contributed by atoms with Gasteiger partial charge in [0.2, 0.25) is 0 Å². The van der Waals surface area contributed by atoms with E-state index in [4.69, 9.17) is 9.47 Å². The molecule has 0 aromatic heterocycles. The number of esters is 2. The topological polar surface area (TPSA) is 55.8 Å². The number of carbonyl (C=O) groups is 2. The lowest BCUT2D eigenvalue weighted by atomic mass is 9.96. The first kappa shape index (κ1) is 18.3. The van der Waals surface area contributed by atoms with Gasteiger partial charge in [-0.1, -0.05) is 0 Å². The van der Waals surface area contributed by atoms with Crippen LogP contribution >= 0.6 is 0 Å². The lowest BCUT2D eigenvalue weighted by Gasteiger charge is -2.32. The summed E-state index contributed by atoms with van der Waals surface area (Å²) in [6, 6.07) is 7.45. The van der Waals surface area contributed by atoms with Gasteiger partial charge in [0.25, 0.3) is 0 Å². The van der Waals surface area contributed by atoms with Crippen LogP contribution in [0.2, 0.25) is 0 Å². The maximum absolute atomic E-state index is 12.0. The summed E-state index contributed by atoms with van der Waals surface area (Å²) in [4.78, 5) is 26.1. The van der Waals surface area contributed by atoms with Crippen LogP contribution < -0.4 is 4.90 Å². The van der Waals surface area contributed by atoms with Crippen molar-refractivity contribution in [2.75, 3.05) is 24.6 Å². The molecule has 0 bridgehead atoms. The lowest BCUT2D eigenvalue weighted by Crippen LogP contribution is -2.37. The Morgan fingerprint density at radius 2 is 1.71 bits per heavy atom. The highest BCUT2D eigenvalue weighted by Crippen LogP contribution is 2.25. The third-order valence-electron chi connectivity index (χ3n) is 3.98. The fraction of sp³-hybridized carbons (Fsp3) is 0.579. The zero-order chi connectivity index (χ0) is 17.7. The summed E-state index contributed by atoms with van der Waals surface area (Å²) < 4.78 is 10.5. The van der Waals surface area contributed by atoms with Crippen LogP contribution in [0.3, 0.4) is 0 Å². The van der Waals surface area contributed by atoms with Gasteiger partial charge in [0.15, 0.2) is 0 Å². The molecule has 132 valence electrons. The number of hydrogen-bond donors (Lipinski definition) is 0. The molecule has 0 N–H and O–H groups in total. The monoisotopic (exact) mass is 333 g/mol. The van der Waals surface area contributed by atoms with E-state index in [0.717, 1.165) is 31.6 Å². The molecule has 0 atom stereocenters. The molecule has 2 rings (SSSR count). The summed E-state index contributed by atoms with van der Waals surface area (Å²) in [5.41, 5.74) is 1.12. The first-order valence-electron chi connectivity index (χ1n) is 8.55. The van der Waals surface area contributed by atoms with Gasteiger partial charge in [-0.15, -0.1) is 0 Å². The van der Waals surface area contributed by atoms with Crippen molar-refractivity contribution >= 4 is 17.6 Å². The molecule has 0 unspecified atom stereocenters. The summed E-state index contributed by atoms with van der Waals surface area (Å²) in [5.74, 6) is -0.394. The van der Waals surface area contributed by atoms with Crippen molar-refractivity contribution < 1.29 is 19.1 Å². The molecule has 1 aromatic rings. The lowest BCUT2D eigenvalue weighted by molar-refractivity contribution is -0.148. The number of nitrogens with zero attached hydrogens (tertiary/aromatic N) is 1. The fourth-order valence-corrected chi connectivity index (χ4v) is 2.78. The third-order valence-corrected chi connectivity index (χ3v) is 3.98. The molecule has 0 radical (unpaired) electrons. The van der Waals surface area contributed by atoms with Gasteiger partial charge in [-0.05, 0) is 64.8 Å². The summed E-state index contributed by atoms with van der Waals surface area (Å²) >= 11 is 0. The van der Waals surface area contributed by atoms with Crippen molar-refractivity contribution in [3.05, 3.63) is 29.8 Å². The molecule has 0 spiro atoms. The first-order chi connectivity index (χ1) is 11.3. The number of rotatable bonds is 4. The Morgan fingerprint density at radius 1 is 1.12 bits per heavy atom. The van der Waals surface area contributed by atoms with Crippen molar-refractivity contribution in [1.29, 1.82) is 0 Å². The van der Waals surface area contributed by atoms with Gasteiger partial charge in [-0.3, -0.25) is 4.79 Å². The van der Waals surface area contributed by atoms with Gasteiger partial charge in [-0.2, -0.15) is 0 Å². The van der Waals surface area contributed by atoms with Crippen LogP contribution in [0.4, 0.5) is 5.69 Å². The molecule has 1 aliphatic rings. The standard InChI is InChI=1S/C19H27NO4/c1-5-23-17(21)15-10-12-20(13-11-15)16-8-6-14(7-9-16)18(22)24-19(2,3)4/h6-9,15H,5,10-13H2,1-4H3. The predicted molar refractivity (Wildman–Crippen MR) is 93.2 cm³/mol. The van der Waals surface area contributed by atoms with Crippen LogP contribution in [0.5, 0.6) is 0 Å². The van der Waals surface area contributed by atoms with Crippen molar-refractivity contribution in [3.63, 3.8) is 0 Å². The second-order valence-electron chi connectivity index (χ2n) is 7.06. The molecular formula is C19H27NO4. The van der Waals surface area contributed by atoms with E-state index >= 15 is 0 Å². The highest BCUT2D eigenvalue weighted by atomic mass is 16.6. The molecule has 5 heteroatoms. The second-order valence-corrected chi connectivity index (χ2v) is 7.06. The minimum Gasteiger partial charge on any atom is -0.466 e. The number of piperidine rings is 1. The van der Waals surface area contributed by atoms with Crippen molar-refractivity contribution in [3.8, 4) is 0 Å². The second kappa shape index (κ2) is 7.69. The van der Waals surface area contributed by atoms with Crippen LogP contribution in [-0.4, -0.2) is 37.2 Å². The summed E-state index contributed by atoms with van der Waals surface area (Å²) in [6.07, 6.45) is 1.60. The molecule has 5 nitrogen and oxygen atoms in total. The first-order valence-corrected chi connectivity index (χ1v) is 8.55. The summed E-state index contributed by atoms with van der Waals surface area (Å²) in [5, 5.41) is 0. The van der Waals surface area contributed by atoms with E-state index in [1.807, 2.05) is 39.8 Å². The largest absolute Gasteiger partial charge is 0.466 e. The van der Waals surface area contributed by atoms with Crippen LogP contribution in [0.25, 0.3) is 0 Å². The van der Waals surface area contributed by atoms with Gasteiger partial charge in [0.1, 0.15) is 5.60 Å². The minimum absolute atomic E-state index is 0.00207. The Hall–Kier alpha value is -2.04. The number of anilines is 1.